The van der Waals surface area contributed by atoms with Crippen molar-refractivity contribution in [2.45, 2.75) is 20.8 Å². The van der Waals surface area contributed by atoms with Crippen LogP contribution in [0.3, 0.4) is 0 Å². The van der Waals surface area contributed by atoms with Gasteiger partial charge < -0.3 is 4.42 Å². The van der Waals surface area contributed by atoms with Gasteiger partial charge in [0.15, 0.2) is 5.76 Å². The van der Waals surface area contributed by atoms with Gasteiger partial charge in [0.2, 0.25) is 5.78 Å². The number of carbonyl (C=O) groups is 2. The van der Waals surface area contributed by atoms with Gasteiger partial charge in [0.1, 0.15) is 5.78 Å². The molecule has 0 aliphatic carbocycles. The Labute approximate surface area is 83.1 Å². The Morgan fingerprint density at radius 2 is 1.93 bits per heavy atom. The predicted molar refractivity (Wildman–Crippen MR) is 52.0 cm³/mol. The number of hydrogen-bond acceptors (Lipinski definition) is 3. The van der Waals surface area contributed by atoms with E-state index in [-0.39, 0.29) is 23.2 Å². The fourth-order valence-electron chi connectivity index (χ4n) is 1.26. The molecule has 0 N–H and O–H groups in total. The van der Waals surface area contributed by atoms with Crippen LogP contribution in [0, 0.1) is 11.8 Å². The van der Waals surface area contributed by atoms with Crippen LogP contribution in [0.2, 0.25) is 0 Å². The monoisotopic (exact) mass is 194 g/mol. The van der Waals surface area contributed by atoms with Gasteiger partial charge in [-0.25, -0.2) is 0 Å². The van der Waals surface area contributed by atoms with E-state index in [4.69, 9.17) is 4.42 Å². The van der Waals surface area contributed by atoms with E-state index in [1.165, 1.54) is 6.26 Å². The van der Waals surface area contributed by atoms with E-state index in [9.17, 15) is 9.59 Å². The Bertz CT molecular complexity index is 322. The largest absolute Gasteiger partial charge is 0.461 e. The average Bonchev–Trinajstić information content (AvgIpc) is 2.67. The van der Waals surface area contributed by atoms with Crippen molar-refractivity contribution in [1.29, 1.82) is 0 Å². The van der Waals surface area contributed by atoms with Gasteiger partial charge in [-0.15, -0.1) is 0 Å². The summed E-state index contributed by atoms with van der Waals surface area (Å²) >= 11 is 0. The number of carbonyl (C=O) groups excluding carboxylic acids is 2. The minimum atomic E-state index is -0.610. The first-order valence-electron chi connectivity index (χ1n) is 4.65. The second-order valence-corrected chi connectivity index (χ2v) is 3.62. The normalized spacial score (nSPS) is 12.9. The maximum atomic E-state index is 11.6. The van der Waals surface area contributed by atoms with Crippen LogP contribution in [0.1, 0.15) is 31.3 Å². The maximum Gasteiger partial charge on any atom is 0.208 e. The third-order valence-electron chi connectivity index (χ3n) is 2.15. The zero-order valence-electron chi connectivity index (χ0n) is 8.61. The zero-order chi connectivity index (χ0) is 10.7. The summed E-state index contributed by atoms with van der Waals surface area (Å²) in [6, 6.07) is 3.21. The van der Waals surface area contributed by atoms with Crippen molar-refractivity contribution in [1.82, 2.24) is 0 Å². The fourth-order valence-corrected chi connectivity index (χ4v) is 1.26. The fraction of sp³-hybridized carbons (Fsp3) is 0.455. The van der Waals surface area contributed by atoms with Crippen molar-refractivity contribution in [3.05, 3.63) is 24.2 Å². The van der Waals surface area contributed by atoms with Crippen molar-refractivity contribution >= 4 is 11.6 Å². The number of Topliss-reactive ketones (excluding diaryl/α,β-unsaturated/α-hetero) is 2. The van der Waals surface area contributed by atoms with Crippen molar-refractivity contribution in [2.75, 3.05) is 0 Å². The predicted octanol–water partition coefficient (Wildman–Crippen LogP) is 2.32. The van der Waals surface area contributed by atoms with Crippen molar-refractivity contribution in [3.63, 3.8) is 0 Å². The summed E-state index contributed by atoms with van der Waals surface area (Å²) in [5, 5.41) is 0. The summed E-state index contributed by atoms with van der Waals surface area (Å²) in [5.41, 5.74) is 0. The molecule has 76 valence electrons. The lowest BCUT2D eigenvalue weighted by molar-refractivity contribution is -0.124. The lowest BCUT2D eigenvalue weighted by Gasteiger charge is -2.09. The highest BCUT2D eigenvalue weighted by Crippen LogP contribution is 2.13. The highest BCUT2D eigenvalue weighted by atomic mass is 16.3. The molecule has 0 fully saturated rings. The lowest BCUT2D eigenvalue weighted by atomic mass is 9.92. The Hall–Kier alpha value is -1.38. The molecule has 14 heavy (non-hydrogen) atoms. The number of ketones is 2. The molecule has 1 heterocycles. The first kappa shape index (κ1) is 10.7. The molecule has 0 bridgehead atoms. The molecular formula is C11H14O3. The molecule has 0 radical (unpaired) electrons. The lowest BCUT2D eigenvalue weighted by Crippen LogP contribution is -2.24. The second kappa shape index (κ2) is 4.22. The minimum absolute atomic E-state index is 0.0496. The van der Waals surface area contributed by atoms with E-state index in [2.05, 4.69) is 0 Å². The number of rotatable bonds is 4. The van der Waals surface area contributed by atoms with E-state index >= 15 is 0 Å². The first-order valence-corrected chi connectivity index (χ1v) is 4.65. The van der Waals surface area contributed by atoms with E-state index < -0.39 is 5.92 Å². The Morgan fingerprint density at radius 1 is 1.29 bits per heavy atom. The minimum Gasteiger partial charge on any atom is -0.461 e. The topological polar surface area (TPSA) is 47.3 Å². The molecular weight excluding hydrogens is 180 g/mol. The van der Waals surface area contributed by atoms with Gasteiger partial charge in [-0.05, 0) is 19.1 Å². The maximum absolute atomic E-state index is 11.6. The molecule has 1 rings (SSSR count). The highest BCUT2D eigenvalue weighted by molar-refractivity contribution is 6.09. The van der Waals surface area contributed by atoms with E-state index in [0.29, 0.717) is 0 Å². The smallest absolute Gasteiger partial charge is 0.208 e. The SMILES string of the molecule is CC(C)C(=O)C(C)C(=O)c1ccco1. The molecule has 1 atom stereocenters. The van der Waals surface area contributed by atoms with Crippen molar-refractivity contribution in [3.8, 4) is 0 Å². The Kier molecular flexibility index (Phi) is 3.23. The van der Waals surface area contributed by atoms with Gasteiger partial charge in [-0.2, -0.15) is 0 Å². The summed E-state index contributed by atoms with van der Waals surface area (Å²) in [4.78, 5) is 23.2. The van der Waals surface area contributed by atoms with E-state index in [1.807, 2.05) is 0 Å². The molecule has 3 heteroatoms. The van der Waals surface area contributed by atoms with Gasteiger partial charge >= 0.3 is 0 Å². The van der Waals surface area contributed by atoms with E-state index in [1.54, 1.807) is 32.9 Å². The second-order valence-electron chi connectivity index (χ2n) is 3.62. The van der Waals surface area contributed by atoms with Gasteiger partial charge in [-0.3, -0.25) is 9.59 Å². The van der Waals surface area contributed by atoms with Crippen LogP contribution in [0.25, 0.3) is 0 Å². The summed E-state index contributed by atoms with van der Waals surface area (Å²) in [6.07, 6.45) is 1.43. The molecule has 3 nitrogen and oxygen atoms in total. The third kappa shape index (κ3) is 2.10. The molecule has 0 saturated carbocycles. The highest BCUT2D eigenvalue weighted by Gasteiger charge is 2.26. The Balaban J connectivity index is 2.76. The van der Waals surface area contributed by atoms with E-state index in [0.717, 1.165) is 0 Å². The van der Waals surface area contributed by atoms with Crippen LogP contribution in [0.15, 0.2) is 22.8 Å². The molecule has 1 aromatic heterocycles. The standard InChI is InChI=1S/C11H14O3/c1-7(2)10(12)8(3)11(13)9-5-4-6-14-9/h4-8H,1-3H3. The molecule has 0 aliphatic heterocycles. The summed E-state index contributed by atoms with van der Waals surface area (Å²) < 4.78 is 4.94. The number of hydrogen-bond donors (Lipinski definition) is 0. The van der Waals surface area contributed by atoms with Crippen LogP contribution in [0.5, 0.6) is 0 Å². The van der Waals surface area contributed by atoms with Crippen LogP contribution in [-0.2, 0) is 4.79 Å². The molecule has 1 aromatic rings. The summed E-state index contributed by atoms with van der Waals surface area (Å²) in [5.74, 6) is -0.767. The van der Waals surface area contributed by atoms with Gasteiger partial charge in [0.05, 0.1) is 12.2 Å². The molecule has 0 spiro atoms. The molecule has 0 amide bonds. The number of furan rings is 1. The molecule has 1 unspecified atom stereocenters. The first-order chi connectivity index (χ1) is 6.54. The quantitative estimate of drug-likeness (QED) is 0.546. The van der Waals surface area contributed by atoms with Crippen molar-refractivity contribution < 1.29 is 14.0 Å². The van der Waals surface area contributed by atoms with Crippen molar-refractivity contribution in [2.24, 2.45) is 11.8 Å². The van der Waals surface area contributed by atoms with Crippen LogP contribution in [-0.4, -0.2) is 11.6 Å². The zero-order valence-corrected chi connectivity index (χ0v) is 8.61. The molecule has 0 saturated heterocycles. The molecule has 0 aromatic carbocycles. The average molecular weight is 194 g/mol. The van der Waals surface area contributed by atoms with Gasteiger partial charge in [0, 0.05) is 5.92 Å². The van der Waals surface area contributed by atoms with Gasteiger partial charge in [-0.1, -0.05) is 13.8 Å². The van der Waals surface area contributed by atoms with Crippen LogP contribution >= 0.6 is 0 Å². The Morgan fingerprint density at radius 3 is 2.36 bits per heavy atom. The third-order valence-corrected chi connectivity index (χ3v) is 2.15. The van der Waals surface area contributed by atoms with Crippen LogP contribution in [0.4, 0.5) is 0 Å². The molecule has 0 aliphatic rings. The van der Waals surface area contributed by atoms with Crippen LogP contribution < -0.4 is 0 Å². The van der Waals surface area contributed by atoms with Gasteiger partial charge in [0.25, 0.3) is 0 Å². The summed E-state index contributed by atoms with van der Waals surface area (Å²) in [7, 11) is 0. The summed E-state index contributed by atoms with van der Waals surface area (Å²) in [6.45, 7) is 5.19.